The molecule has 3 rings (SSSR count). The van der Waals surface area contributed by atoms with E-state index in [9.17, 15) is 4.39 Å². The number of ether oxygens (including phenoxy) is 1. The van der Waals surface area contributed by atoms with E-state index in [1.165, 1.54) is 17.7 Å². The van der Waals surface area contributed by atoms with E-state index in [4.69, 9.17) is 4.74 Å². The second-order valence-corrected chi connectivity index (χ2v) is 5.55. The fraction of sp³-hybridized carbons (Fsp3) is 0.333. The van der Waals surface area contributed by atoms with Gasteiger partial charge in [0.05, 0.1) is 6.61 Å². The van der Waals surface area contributed by atoms with Crippen LogP contribution in [0.1, 0.15) is 36.4 Å². The van der Waals surface area contributed by atoms with E-state index in [1.54, 1.807) is 0 Å². The summed E-state index contributed by atoms with van der Waals surface area (Å²) in [5.41, 5.74) is 2.39. The lowest BCUT2D eigenvalue weighted by atomic mass is 9.92. The molecule has 0 saturated heterocycles. The molecule has 2 aromatic carbocycles. The largest absolute Gasteiger partial charge is 0.493 e. The molecule has 0 amide bonds. The third-order valence-electron chi connectivity index (χ3n) is 4.12. The number of nitrogens with one attached hydrogen (secondary N) is 1. The van der Waals surface area contributed by atoms with Crippen LogP contribution in [-0.2, 0) is 0 Å². The van der Waals surface area contributed by atoms with Crippen molar-refractivity contribution in [3.63, 3.8) is 0 Å². The van der Waals surface area contributed by atoms with Crippen LogP contribution in [0.3, 0.4) is 0 Å². The standard InChI is InChI=1S/C18H20FNO/c1-13(14-6-8-16(19)9-7-14)20-12-15-10-11-21-18-5-3-2-4-17(15)18/h2-9,13,15,20H,10-12H2,1H3. The molecular weight excluding hydrogens is 265 g/mol. The molecule has 0 spiro atoms. The molecule has 110 valence electrons. The smallest absolute Gasteiger partial charge is 0.123 e. The third kappa shape index (κ3) is 3.24. The molecular formula is C18H20FNO. The van der Waals surface area contributed by atoms with Crippen LogP contribution in [0.5, 0.6) is 5.75 Å². The van der Waals surface area contributed by atoms with Crippen LogP contribution < -0.4 is 10.1 Å². The molecule has 2 nitrogen and oxygen atoms in total. The predicted molar refractivity (Wildman–Crippen MR) is 82.1 cm³/mol. The van der Waals surface area contributed by atoms with Crippen molar-refractivity contribution >= 4 is 0 Å². The zero-order valence-electron chi connectivity index (χ0n) is 12.2. The Labute approximate surface area is 125 Å². The van der Waals surface area contributed by atoms with Gasteiger partial charge >= 0.3 is 0 Å². The van der Waals surface area contributed by atoms with E-state index in [0.717, 1.165) is 30.9 Å². The van der Waals surface area contributed by atoms with Crippen LogP contribution in [0.4, 0.5) is 4.39 Å². The highest BCUT2D eigenvalue weighted by atomic mass is 19.1. The van der Waals surface area contributed by atoms with Gasteiger partial charge in [-0.2, -0.15) is 0 Å². The van der Waals surface area contributed by atoms with Gasteiger partial charge in [0.1, 0.15) is 11.6 Å². The molecule has 1 heterocycles. The Bertz CT molecular complexity index is 596. The van der Waals surface area contributed by atoms with Gasteiger partial charge in [-0.15, -0.1) is 0 Å². The molecule has 0 aliphatic carbocycles. The minimum atomic E-state index is -0.190. The number of rotatable bonds is 4. The maximum atomic E-state index is 13.0. The van der Waals surface area contributed by atoms with Crippen molar-refractivity contribution in [1.82, 2.24) is 5.32 Å². The van der Waals surface area contributed by atoms with Crippen molar-refractivity contribution in [3.8, 4) is 5.75 Å². The van der Waals surface area contributed by atoms with E-state index < -0.39 is 0 Å². The van der Waals surface area contributed by atoms with Gasteiger partial charge in [0, 0.05) is 18.5 Å². The Balaban J connectivity index is 1.64. The highest BCUT2D eigenvalue weighted by molar-refractivity contribution is 5.38. The molecule has 0 radical (unpaired) electrons. The van der Waals surface area contributed by atoms with Crippen molar-refractivity contribution in [3.05, 3.63) is 65.5 Å². The Morgan fingerprint density at radius 2 is 1.95 bits per heavy atom. The molecule has 0 fully saturated rings. The minimum absolute atomic E-state index is 0.190. The van der Waals surface area contributed by atoms with Gasteiger partial charge in [0.15, 0.2) is 0 Å². The van der Waals surface area contributed by atoms with Gasteiger partial charge in [0.25, 0.3) is 0 Å². The lowest BCUT2D eigenvalue weighted by Gasteiger charge is -2.27. The molecule has 0 aromatic heterocycles. The monoisotopic (exact) mass is 285 g/mol. The van der Waals surface area contributed by atoms with Gasteiger partial charge in [-0.05, 0) is 42.7 Å². The van der Waals surface area contributed by atoms with E-state index in [1.807, 2.05) is 24.3 Å². The molecule has 1 aliphatic heterocycles. The highest BCUT2D eigenvalue weighted by Crippen LogP contribution is 2.33. The Hall–Kier alpha value is -1.87. The van der Waals surface area contributed by atoms with Crippen molar-refractivity contribution in [2.75, 3.05) is 13.2 Å². The van der Waals surface area contributed by atoms with Gasteiger partial charge < -0.3 is 10.1 Å². The second-order valence-electron chi connectivity index (χ2n) is 5.55. The van der Waals surface area contributed by atoms with Crippen molar-refractivity contribution in [2.45, 2.75) is 25.3 Å². The molecule has 0 saturated carbocycles. The van der Waals surface area contributed by atoms with Crippen molar-refractivity contribution < 1.29 is 9.13 Å². The molecule has 3 heteroatoms. The van der Waals surface area contributed by atoms with Crippen LogP contribution in [0.25, 0.3) is 0 Å². The van der Waals surface area contributed by atoms with Crippen LogP contribution in [0.15, 0.2) is 48.5 Å². The summed E-state index contributed by atoms with van der Waals surface area (Å²) < 4.78 is 18.6. The SMILES string of the molecule is CC(NCC1CCOc2ccccc21)c1ccc(F)cc1. The normalized spacial score (nSPS) is 18.7. The Morgan fingerprint density at radius 1 is 1.19 bits per heavy atom. The highest BCUT2D eigenvalue weighted by Gasteiger charge is 2.21. The summed E-state index contributed by atoms with van der Waals surface area (Å²) in [6.45, 7) is 3.78. The van der Waals surface area contributed by atoms with E-state index in [-0.39, 0.29) is 11.9 Å². The average molecular weight is 285 g/mol. The van der Waals surface area contributed by atoms with E-state index in [0.29, 0.717) is 5.92 Å². The second kappa shape index (κ2) is 6.27. The van der Waals surface area contributed by atoms with Crippen LogP contribution in [-0.4, -0.2) is 13.2 Å². The first-order valence-electron chi connectivity index (χ1n) is 7.44. The summed E-state index contributed by atoms with van der Waals surface area (Å²) in [7, 11) is 0. The summed E-state index contributed by atoms with van der Waals surface area (Å²) in [5.74, 6) is 1.28. The van der Waals surface area contributed by atoms with Gasteiger partial charge in [-0.25, -0.2) is 4.39 Å². The molecule has 21 heavy (non-hydrogen) atoms. The minimum Gasteiger partial charge on any atom is -0.493 e. The quantitative estimate of drug-likeness (QED) is 0.915. The number of fused-ring (bicyclic) bond motifs is 1. The first-order valence-corrected chi connectivity index (χ1v) is 7.44. The average Bonchev–Trinajstić information content (AvgIpc) is 2.53. The van der Waals surface area contributed by atoms with Crippen LogP contribution >= 0.6 is 0 Å². The maximum Gasteiger partial charge on any atom is 0.123 e. The number of hydrogen-bond donors (Lipinski definition) is 1. The van der Waals surface area contributed by atoms with Gasteiger partial charge in [-0.3, -0.25) is 0 Å². The Kier molecular flexibility index (Phi) is 4.20. The van der Waals surface area contributed by atoms with Crippen LogP contribution in [0, 0.1) is 5.82 Å². The predicted octanol–water partition coefficient (Wildman–Crippen LogP) is 4.04. The fourth-order valence-electron chi connectivity index (χ4n) is 2.82. The first-order chi connectivity index (χ1) is 10.2. The van der Waals surface area contributed by atoms with Gasteiger partial charge in [-0.1, -0.05) is 30.3 Å². The zero-order chi connectivity index (χ0) is 14.7. The maximum absolute atomic E-state index is 13.0. The molecule has 1 aliphatic rings. The van der Waals surface area contributed by atoms with Crippen molar-refractivity contribution in [2.24, 2.45) is 0 Å². The van der Waals surface area contributed by atoms with E-state index >= 15 is 0 Å². The summed E-state index contributed by atoms with van der Waals surface area (Å²) in [4.78, 5) is 0. The van der Waals surface area contributed by atoms with Crippen LogP contribution in [0.2, 0.25) is 0 Å². The van der Waals surface area contributed by atoms with Gasteiger partial charge in [0.2, 0.25) is 0 Å². The Morgan fingerprint density at radius 3 is 2.76 bits per heavy atom. The lowest BCUT2D eigenvalue weighted by Crippen LogP contribution is -2.28. The topological polar surface area (TPSA) is 21.3 Å². The fourth-order valence-corrected chi connectivity index (χ4v) is 2.82. The third-order valence-corrected chi connectivity index (χ3v) is 4.12. The molecule has 1 N–H and O–H groups in total. The first kappa shape index (κ1) is 14.1. The molecule has 0 bridgehead atoms. The molecule has 2 aromatic rings. The summed E-state index contributed by atoms with van der Waals surface area (Å²) in [5, 5.41) is 3.55. The number of para-hydroxylation sites is 1. The zero-order valence-corrected chi connectivity index (χ0v) is 12.2. The van der Waals surface area contributed by atoms with E-state index in [2.05, 4.69) is 24.4 Å². The lowest BCUT2D eigenvalue weighted by molar-refractivity contribution is 0.263. The number of halogens is 1. The summed E-state index contributed by atoms with van der Waals surface area (Å²) in [6, 6.07) is 15.2. The number of hydrogen-bond acceptors (Lipinski definition) is 2. The van der Waals surface area contributed by atoms with Crippen molar-refractivity contribution in [1.29, 1.82) is 0 Å². The number of benzene rings is 2. The molecule has 2 atom stereocenters. The molecule has 2 unspecified atom stereocenters. The summed E-state index contributed by atoms with van der Waals surface area (Å²) in [6.07, 6.45) is 1.03. The summed E-state index contributed by atoms with van der Waals surface area (Å²) >= 11 is 0.